The van der Waals surface area contributed by atoms with Gasteiger partial charge in [-0.25, -0.2) is 0 Å². The first-order chi connectivity index (χ1) is 9.05. The van der Waals surface area contributed by atoms with Crippen molar-refractivity contribution in [3.05, 3.63) is 35.4 Å². The molecule has 0 radical (unpaired) electrons. The molecule has 1 fully saturated rings. The van der Waals surface area contributed by atoms with Crippen LogP contribution in [0.25, 0.3) is 0 Å². The van der Waals surface area contributed by atoms with E-state index in [9.17, 15) is 9.59 Å². The van der Waals surface area contributed by atoms with Crippen molar-refractivity contribution in [1.29, 1.82) is 0 Å². The molecule has 5 heteroatoms. The lowest BCUT2D eigenvalue weighted by atomic mass is 10.1. The molecule has 1 aliphatic rings. The van der Waals surface area contributed by atoms with Crippen molar-refractivity contribution in [2.24, 2.45) is 5.73 Å². The summed E-state index contributed by atoms with van der Waals surface area (Å²) in [7, 11) is 0. The standard InChI is InChI=1S/C14H19N3O2/c1-2-16-12(18)11-5-3-10(4-6-11)9-17-13(19)14(15)7-8-14/h3-6H,2,7-9,15H2,1H3,(H,16,18)(H,17,19). The first-order valence-electron chi connectivity index (χ1n) is 6.49. The number of rotatable bonds is 5. The SMILES string of the molecule is CCNC(=O)c1ccc(CNC(=O)C2(N)CC2)cc1. The Hall–Kier alpha value is -1.88. The number of hydrogen-bond donors (Lipinski definition) is 3. The second-order valence-corrected chi connectivity index (χ2v) is 4.90. The summed E-state index contributed by atoms with van der Waals surface area (Å²) in [6, 6.07) is 7.17. The quantitative estimate of drug-likeness (QED) is 0.723. The zero-order chi connectivity index (χ0) is 13.9. The van der Waals surface area contributed by atoms with Gasteiger partial charge in [-0.15, -0.1) is 0 Å². The van der Waals surface area contributed by atoms with Crippen LogP contribution in [0.1, 0.15) is 35.7 Å². The second-order valence-electron chi connectivity index (χ2n) is 4.90. The molecule has 0 unspecified atom stereocenters. The zero-order valence-corrected chi connectivity index (χ0v) is 11.0. The second kappa shape index (κ2) is 5.40. The van der Waals surface area contributed by atoms with Gasteiger partial charge in [0.25, 0.3) is 5.91 Å². The van der Waals surface area contributed by atoms with E-state index in [-0.39, 0.29) is 11.8 Å². The van der Waals surface area contributed by atoms with Gasteiger partial charge in [0.15, 0.2) is 0 Å². The molecule has 1 aromatic carbocycles. The largest absolute Gasteiger partial charge is 0.352 e. The van der Waals surface area contributed by atoms with Crippen LogP contribution in [-0.2, 0) is 11.3 Å². The summed E-state index contributed by atoms with van der Waals surface area (Å²) >= 11 is 0. The molecule has 0 saturated heterocycles. The molecule has 0 aliphatic heterocycles. The van der Waals surface area contributed by atoms with Crippen LogP contribution in [0.5, 0.6) is 0 Å². The molecular weight excluding hydrogens is 242 g/mol. The molecule has 0 heterocycles. The fraction of sp³-hybridized carbons (Fsp3) is 0.429. The third-order valence-electron chi connectivity index (χ3n) is 3.25. The van der Waals surface area contributed by atoms with Crippen molar-refractivity contribution in [2.75, 3.05) is 6.54 Å². The summed E-state index contributed by atoms with van der Waals surface area (Å²) in [4.78, 5) is 23.2. The number of amides is 2. The molecule has 2 rings (SSSR count). The number of carbonyl (C=O) groups is 2. The van der Waals surface area contributed by atoms with Crippen molar-refractivity contribution in [2.45, 2.75) is 31.8 Å². The minimum atomic E-state index is -0.638. The Kier molecular flexibility index (Phi) is 3.85. The lowest BCUT2D eigenvalue weighted by Gasteiger charge is -2.10. The van der Waals surface area contributed by atoms with Crippen LogP contribution in [0, 0.1) is 0 Å². The third-order valence-corrected chi connectivity index (χ3v) is 3.25. The smallest absolute Gasteiger partial charge is 0.251 e. The maximum atomic E-state index is 11.7. The average molecular weight is 261 g/mol. The molecule has 4 N–H and O–H groups in total. The Labute approximate surface area is 112 Å². The van der Waals surface area contributed by atoms with Crippen LogP contribution in [0.15, 0.2) is 24.3 Å². The summed E-state index contributed by atoms with van der Waals surface area (Å²) in [5.41, 5.74) is 6.72. The molecule has 19 heavy (non-hydrogen) atoms. The summed E-state index contributed by atoms with van der Waals surface area (Å²) in [6.07, 6.45) is 1.52. The summed E-state index contributed by atoms with van der Waals surface area (Å²) in [5.74, 6) is -0.183. The highest BCUT2D eigenvalue weighted by Crippen LogP contribution is 2.32. The van der Waals surface area contributed by atoms with Gasteiger partial charge in [-0.3, -0.25) is 9.59 Å². The van der Waals surface area contributed by atoms with Gasteiger partial charge in [-0.1, -0.05) is 12.1 Å². The Morgan fingerprint density at radius 3 is 2.37 bits per heavy atom. The van der Waals surface area contributed by atoms with E-state index in [0.29, 0.717) is 18.7 Å². The molecular formula is C14H19N3O2. The van der Waals surface area contributed by atoms with E-state index >= 15 is 0 Å². The number of nitrogens with two attached hydrogens (primary N) is 1. The first kappa shape index (κ1) is 13.5. The molecule has 0 spiro atoms. The molecule has 0 atom stereocenters. The van der Waals surface area contributed by atoms with Gasteiger partial charge < -0.3 is 16.4 Å². The van der Waals surface area contributed by atoms with Gasteiger partial charge in [0, 0.05) is 18.7 Å². The van der Waals surface area contributed by atoms with Gasteiger partial charge in [-0.05, 0) is 37.5 Å². The van der Waals surface area contributed by atoms with Gasteiger partial charge >= 0.3 is 0 Å². The summed E-state index contributed by atoms with van der Waals surface area (Å²) in [5, 5.41) is 5.55. The lowest BCUT2D eigenvalue weighted by molar-refractivity contribution is -0.123. The number of carbonyl (C=O) groups excluding carboxylic acids is 2. The van der Waals surface area contributed by atoms with Gasteiger partial charge in [-0.2, -0.15) is 0 Å². The topological polar surface area (TPSA) is 84.2 Å². The van der Waals surface area contributed by atoms with Crippen molar-refractivity contribution in [3.8, 4) is 0 Å². The summed E-state index contributed by atoms with van der Waals surface area (Å²) < 4.78 is 0. The molecule has 1 aromatic rings. The first-order valence-corrected chi connectivity index (χ1v) is 6.49. The molecule has 1 saturated carbocycles. The highest BCUT2D eigenvalue weighted by molar-refractivity contribution is 5.94. The number of hydrogen-bond acceptors (Lipinski definition) is 3. The molecule has 102 valence electrons. The van der Waals surface area contributed by atoms with Gasteiger partial charge in [0.2, 0.25) is 5.91 Å². The van der Waals surface area contributed by atoms with Crippen LogP contribution >= 0.6 is 0 Å². The predicted octanol–water partition coefficient (Wildman–Crippen LogP) is 0.544. The van der Waals surface area contributed by atoms with E-state index in [0.717, 1.165) is 18.4 Å². The molecule has 1 aliphatic carbocycles. The van der Waals surface area contributed by atoms with Crippen molar-refractivity contribution < 1.29 is 9.59 Å². The highest BCUT2D eigenvalue weighted by Gasteiger charge is 2.45. The molecule has 0 bridgehead atoms. The fourth-order valence-electron chi connectivity index (χ4n) is 1.76. The average Bonchev–Trinajstić information content (AvgIpc) is 3.16. The van der Waals surface area contributed by atoms with E-state index in [2.05, 4.69) is 10.6 Å². The van der Waals surface area contributed by atoms with E-state index < -0.39 is 5.54 Å². The van der Waals surface area contributed by atoms with Crippen LogP contribution in [-0.4, -0.2) is 23.9 Å². The van der Waals surface area contributed by atoms with E-state index in [1.807, 2.05) is 19.1 Å². The van der Waals surface area contributed by atoms with Crippen molar-refractivity contribution in [1.82, 2.24) is 10.6 Å². The Balaban J connectivity index is 1.88. The van der Waals surface area contributed by atoms with E-state index in [4.69, 9.17) is 5.73 Å². The minimum Gasteiger partial charge on any atom is -0.352 e. The Bertz CT molecular complexity index is 478. The monoisotopic (exact) mass is 261 g/mol. The van der Waals surface area contributed by atoms with E-state index in [1.165, 1.54) is 0 Å². The van der Waals surface area contributed by atoms with Crippen LogP contribution in [0.3, 0.4) is 0 Å². The maximum absolute atomic E-state index is 11.7. The fourth-order valence-corrected chi connectivity index (χ4v) is 1.76. The minimum absolute atomic E-state index is 0.0861. The Morgan fingerprint density at radius 2 is 1.84 bits per heavy atom. The molecule has 2 amide bonds. The number of benzene rings is 1. The molecule has 0 aromatic heterocycles. The Morgan fingerprint density at radius 1 is 1.21 bits per heavy atom. The zero-order valence-electron chi connectivity index (χ0n) is 11.0. The van der Waals surface area contributed by atoms with Crippen LogP contribution < -0.4 is 16.4 Å². The lowest BCUT2D eigenvalue weighted by Crippen LogP contribution is -2.42. The van der Waals surface area contributed by atoms with Gasteiger partial charge in [0.1, 0.15) is 0 Å². The van der Waals surface area contributed by atoms with Crippen molar-refractivity contribution in [3.63, 3.8) is 0 Å². The number of nitrogens with one attached hydrogen (secondary N) is 2. The van der Waals surface area contributed by atoms with Gasteiger partial charge in [0.05, 0.1) is 5.54 Å². The normalized spacial score (nSPS) is 15.7. The maximum Gasteiger partial charge on any atom is 0.251 e. The van der Waals surface area contributed by atoms with Crippen LogP contribution in [0.4, 0.5) is 0 Å². The van der Waals surface area contributed by atoms with E-state index in [1.54, 1.807) is 12.1 Å². The third kappa shape index (κ3) is 3.32. The van der Waals surface area contributed by atoms with Crippen molar-refractivity contribution >= 4 is 11.8 Å². The van der Waals surface area contributed by atoms with Crippen LogP contribution in [0.2, 0.25) is 0 Å². The summed E-state index contributed by atoms with van der Waals surface area (Å²) in [6.45, 7) is 2.92. The highest BCUT2D eigenvalue weighted by atomic mass is 16.2. The predicted molar refractivity (Wildman–Crippen MR) is 72.4 cm³/mol. The molecule has 5 nitrogen and oxygen atoms in total.